The molecule has 0 bridgehead atoms. The molecule has 5 unspecified atom stereocenters. The summed E-state index contributed by atoms with van der Waals surface area (Å²) < 4.78 is 22.8. The molecular weight excluding hydrogens is 566 g/mol. The summed E-state index contributed by atoms with van der Waals surface area (Å²) in [7, 11) is 1.21. The zero-order chi connectivity index (χ0) is 32.3. The average Bonchev–Trinajstić information content (AvgIpc) is 2.89. The molecule has 3 fully saturated rings. The first-order valence-electron chi connectivity index (χ1n) is 15.0. The molecule has 43 heavy (non-hydrogen) atoms. The van der Waals surface area contributed by atoms with Crippen LogP contribution in [-0.4, -0.2) is 124 Å². The molecule has 0 aromatic carbocycles. The number of hydrogen-bond donors (Lipinski definition) is 8. The molecule has 3 saturated heterocycles. The number of esters is 1. The van der Waals surface area contributed by atoms with Crippen LogP contribution < -0.4 is 16.4 Å². The fraction of sp³-hybridized carbons (Fsp3) is 0.862. The number of ether oxygens (including phenoxy) is 4. The van der Waals surface area contributed by atoms with Crippen LogP contribution in [0.3, 0.4) is 0 Å². The summed E-state index contributed by atoms with van der Waals surface area (Å²) in [6.07, 6.45) is -6.02. The van der Waals surface area contributed by atoms with Gasteiger partial charge >= 0.3 is 5.97 Å². The van der Waals surface area contributed by atoms with E-state index in [1.807, 2.05) is 19.9 Å². The Hall–Kier alpha value is -1.72. The Morgan fingerprint density at radius 1 is 1.14 bits per heavy atom. The quantitative estimate of drug-likeness (QED) is 0.0901. The molecule has 3 aliphatic rings. The number of nitrogens with two attached hydrogens (primary N) is 1. The largest absolute Gasteiger partial charge is 0.467 e. The van der Waals surface area contributed by atoms with Gasteiger partial charge in [-0.25, -0.2) is 4.79 Å². The second-order valence-electron chi connectivity index (χ2n) is 12.9. The summed E-state index contributed by atoms with van der Waals surface area (Å²) in [5.74, 6) is -4.68. The highest BCUT2D eigenvalue weighted by Crippen LogP contribution is 2.38. The van der Waals surface area contributed by atoms with Crippen molar-refractivity contribution < 1.29 is 54.1 Å². The zero-order valence-electron chi connectivity index (χ0n) is 25.9. The van der Waals surface area contributed by atoms with Gasteiger partial charge in [0.1, 0.15) is 6.10 Å². The van der Waals surface area contributed by atoms with Crippen molar-refractivity contribution in [1.82, 2.24) is 10.6 Å². The van der Waals surface area contributed by atoms with E-state index in [4.69, 9.17) is 24.7 Å². The van der Waals surface area contributed by atoms with Crippen molar-refractivity contribution in [3.8, 4) is 0 Å². The minimum atomic E-state index is -1.98. The lowest BCUT2D eigenvalue weighted by Gasteiger charge is -2.47. The van der Waals surface area contributed by atoms with Crippen molar-refractivity contribution >= 4 is 11.9 Å². The molecule has 0 radical (unpaired) electrons. The Kier molecular flexibility index (Phi) is 12.1. The summed E-state index contributed by atoms with van der Waals surface area (Å²) in [5.41, 5.74) is 4.67. The second kappa shape index (κ2) is 14.6. The highest BCUT2D eigenvalue weighted by atomic mass is 16.7. The predicted molar refractivity (Wildman–Crippen MR) is 153 cm³/mol. The predicted octanol–water partition coefficient (Wildman–Crippen LogP) is -1.74. The smallest absolute Gasteiger partial charge is 0.334 e. The maximum absolute atomic E-state index is 13.7. The van der Waals surface area contributed by atoms with Crippen LogP contribution in [0.25, 0.3) is 0 Å². The Morgan fingerprint density at radius 2 is 1.79 bits per heavy atom. The topological polar surface area (TPSA) is 222 Å². The van der Waals surface area contributed by atoms with E-state index < -0.39 is 84.2 Å². The van der Waals surface area contributed by atoms with Gasteiger partial charge in [-0.05, 0) is 18.8 Å². The van der Waals surface area contributed by atoms with Gasteiger partial charge in [0.2, 0.25) is 5.91 Å². The third kappa shape index (κ3) is 8.51. The lowest BCUT2D eigenvalue weighted by molar-refractivity contribution is -0.307. The molecule has 0 aromatic heterocycles. The van der Waals surface area contributed by atoms with Gasteiger partial charge in [0, 0.05) is 32.4 Å². The molecule has 0 saturated carbocycles. The number of amides is 1. The summed E-state index contributed by atoms with van der Waals surface area (Å²) in [6.45, 7) is 9.30. The van der Waals surface area contributed by atoms with E-state index in [2.05, 4.69) is 10.6 Å². The van der Waals surface area contributed by atoms with Crippen molar-refractivity contribution in [2.45, 2.75) is 120 Å². The molecule has 3 rings (SSSR count). The van der Waals surface area contributed by atoms with Gasteiger partial charge in [0.05, 0.1) is 55.7 Å². The van der Waals surface area contributed by atoms with Gasteiger partial charge in [-0.1, -0.05) is 39.8 Å². The number of carbonyl (C=O) groups is 2. The summed E-state index contributed by atoms with van der Waals surface area (Å²) in [4.78, 5) is 26.2. The van der Waals surface area contributed by atoms with E-state index >= 15 is 0 Å². The Balaban J connectivity index is 1.93. The van der Waals surface area contributed by atoms with E-state index in [1.165, 1.54) is 7.11 Å². The van der Waals surface area contributed by atoms with Gasteiger partial charge in [0.15, 0.2) is 17.6 Å². The number of rotatable bonds is 12. The lowest BCUT2D eigenvalue weighted by Crippen LogP contribution is -2.74. The molecule has 0 spiro atoms. The third-order valence-electron chi connectivity index (χ3n) is 8.49. The molecule has 3 aliphatic heterocycles. The van der Waals surface area contributed by atoms with E-state index in [0.29, 0.717) is 0 Å². The number of hydrogen-bond acceptors (Lipinski definition) is 13. The maximum atomic E-state index is 13.7. The average molecular weight is 618 g/mol. The van der Waals surface area contributed by atoms with Crippen LogP contribution in [0.4, 0.5) is 0 Å². The highest BCUT2D eigenvalue weighted by Gasteiger charge is 2.54. The minimum Gasteiger partial charge on any atom is -0.467 e. The molecule has 1 amide bonds. The van der Waals surface area contributed by atoms with Crippen molar-refractivity contribution in [2.75, 3.05) is 20.2 Å². The van der Waals surface area contributed by atoms with Gasteiger partial charge in [-0.15, -0.1) is 0 Å². The normalized spacial score (nSPS) is 37.6. The fourth-order valence-corrected chi connectivity index (χ4v) is 5.62. The Morgan fingerprint density at radius 3 is 2.33 bits per heavy atom. The SMILES string of the molecule is COC(=O)C1(NC(=O)[C@H]2[C@H](C[C@H](/C=C/C(C)C)OC3OC(C)C(O)C(N)C3O)O[C@](O)(C[C@@H](O)C(C)C)C[C@@H]2O)CNC1. The maximum Gasteiger partial charge on any atom is 0.334 e. The van der Waals surface area contributed by atoms with Crippen LogP contribution in [0.2, 0.25) is 0 Å². The second-order valence-corrected chi connectivity index (χ2v) is 12.9. The lowest BCUT2D eigenvalue weighted by atomic mass is 9.80. The molecule has 14 heteroatoms. The van der Waals surface area contributed by atoms with Crippen molar-refractivity contribution in [2.24, 2.45) is 23.5 Å². The fourth-order valence-electron chi connectivity index (χ4n) is 5.62. The molecule has 3 heterocycles. The number of allylic oxidation sites excluding steroid dienone is 1. The number of aliphatic hydroxyl groups is 5. The van der Waals surface area contributed by atoms with Gasteiger partial charge in [-0.3, -0.25) is 4.79 Å². The molecule has 0 aromatic rings. The summed E-state index contributed by atoms with van der Waals surface area (Å²) >= 11 is 0. The number of methoxy groups -OCH3 is 1. The van der Waals surface area contributed by atoms with Crippen LogP contribution in [0.5, 0.6) is 0 Å². The first-order valence-corrected chi connectivity index (χ1v) is 15.0. The molecule has 9 N–H and O–H groups in total. The van der Waals surface area contributed by atoms with E-state index in [-0.39, 0.29) is 44.2 Å². The molecule has 248 valence electrons. The first-order chi connectivity index (χ1) is 20.0. The standard InChI is InChI=1S/C29H51N3O11/c1-14(2)7-8-17(42-26-24(36)22(30)23(35)16(5)41-26)9-20-21(25(37)32-28(12-31-13-28)27(38)40-6)19(34)11-29(39,43-20)10-18(33)15(3)4/h7-8,14-24,26,31,33-36,39H,9-13,30H2,1-6H3,(H,32,37)/b8-7+/t16?,17-,18+,19-,20-,21+,22?,23?,24?,26?,29+/m0/s1. The number of carbonyl (C=O) groups excluding carboxylic acids is 2. The van der Waals surface area contributed by atoms with Crippen LogP contribution in [0.1, 0.15) is 53.9 Å². The van der Waals surface area contributed by atoms with Crippen molar-refractivity contribution in [3.05, 3.63) is 12.2 Å². The van der Waals surface area contributed by atoms with Crippen LogP contribution in [-0.2, 0) is 28.5 Å². The Bertz CT molecular complexity index is 977. The molecular formula is C29H51N3O11. The third-order valence-corrected chi connectivity index (χ3v) is 8.49. The molecule has 14 nitrogen and oxygen atoms in total. The van der Waals surface area contributed by atoms with Gasteiger partial charge < -0.3 is 60.8 Å². The van der Waals surface area contributed by atoms with Crippen LogP contribution in [0, 0.1) is 17.8 Å². The Labute approximate surface area is 252 Å². The highest BCUT2D eigenvalue weighted by molar-refractivity contribution is 5.91. The van der Waals surface area contributed by atoms with E-state index in [0.717, 1.165) is 0 Å². The minimum absolute atomic E-state index is 0.0902. The molecule has 0 aliphatic carbocycles. The summed E-state index contributed by atoms with van der Waals surface area (Å²) in [5, 5.41) is 59.8. The zero-order valence-corrected chi connectivity index (χ0v) is 25.9. The van der Waals surface area contributed by atoms with E-state index in [9.17, 15) is 35.1 Å². The van der Waals surface area contributed by atoms with Gasteiger partial charge in [0.25, 0.3) is 0 Å². The first kappa shape index (κ1) is 35.8. The molecule has 11 atom stereocenters. The summed E-state index contributed by atoms with van der Waals surface area (Å²) in [6, 6.07) is -1.04. The van der Waals surface area contributed by atoms with Gasteiger partial charge in [-0.2, -0.15) is 0 Å². The van der Waals surface area contributed by atoms with Crippen molar-refractivity contribution in [1.29, 1.82) is 0 Å². The monoisotopic (exact) mass is 617 g/mol. The van der Waals surface area contributed by atoms with E-state index in [1.54, 1.807) is 26.8 Å². The number of nitrogens with one attached hydrogen (secondary N) is 2. The van der Waals surface area contributed by atoms with Crippen molar-refractivity contribution in [3.63, 3.8) is 0 Å². The van der Waals surface area contributed by atoms with Crippen LogP contribution in [0.15, 0.2) is 12.2 Å². The number of aliphatic hydroxyl groups excluding tert-OH is 4. The van der Waals surface area contributed by atoms with Crippen LogP contribution >= 0.6 is 0 Å².